The minimum absolute atomic E-state index is 0.0227. The zero-order chi connectivity index (χ0) is 16.5. The first kappa shape index (κ1) is 15.2. The quantitative estimate of drug-likeness (QED) is 0.773. The highest BCUT2D eigenvalue weighted by Gasteiger charge is 2.29. The number of rotatable bonds is 4. The summed E-state index contributed by atoms with van der Waals surface area (Å²) in [6.07, 6.45) is 1.91. The summed E-state index contributed by atoms with van der Waals surface area (Å²) in [6, 6.07) is 13.8. The lowest BCUT2D eigenvalue weighted by molar-refractivity contribution is -0.136. The normalized spacial score (nSPS) is 16.5. The van der Waals surface area contributed by atoms with Crippen LogP contribution < -0.4 is 0 Å². The van der Waals surface area contributed by atoms with Crippen LogP contribution in [-0.2, 0) is 4.79 Å². The van der Waals surface area contributed by atoms with Crippen LogP contribution in [0.2, 0.25) is 0 Å². The van der Waals surface area contributed by atoms with Crippen LogP contribution in [-0.4, -0.2) is 31.7 Å². The molecule has 0 unspecified atom stereocenters. The fraction of sp³-hybridized carbons (Fsp3) is 0.118. The van der Waals surface area contributed by atoms with Crippen molar-refractivity contribution in [3.8, 4) is 11.3 Å². The van der Waals surface area contributed by atoms with Crippen molar-refractivity contribution in [2.24, 2.45) is 5.10 Å². The van der Waals surface area contributed by atoms with E-state index in [4.69, 9.17) is 0 Å². The van der Waals surface area contributed by atoms with Gasteiger partial charge in [-0.25, -0.2) is 9.66 Å². The van der Waals surface area contributed by atoms with E-state index in [-0.39, 0.29) is 11.7 Å². The molecule has 1 N–H and O–H groups in total. The van der Waals surface area contributed by atoms with Gasteiger partial charge in [0.25, 0.3) is 0 Å². The average Bonchev–Trinajstić information content (AvgIpc) is 3.23. The molecule has 120 valence electrons. The molecule has 5 nitrogen and oxygen atoms in total. The zero-order valence-corrected chi connectivity index (χ0v) is 14.1. The van der Waals surface area contributed by atoms with Gasteiger partial charge >= 0.3 is 5.97 Å². The van der Waals surface area contributed by atoms with Crippen LogP contribution in [0.25, 0.3) is 11.3 Å². The van der Waals surface area contributed by atoms with Crippen LogP contribution >= 0.6 is 23.1 Å². The number of fused-ring (bicyclic) bond motifs is 1. The maximum atomic E-state index is 11.2. The van der Waals surface area contributed by atoms with Crippen LogP contribution in [0, 0.1) is 0 Å². The molecule has 0 spiro atoms. The lowest BCUT2D eigenvalue weighted by Crippen LogP contribution is -2.25. The molecule has 0 amide bonds. The fourth-order valence-corrected chi connectivity index (χ4v) is 4.50. The van der Waals surface area contributed by atoms with Gasteiger partial charge in [0.2, 0.25) is 0 Å². The van der Waals surface area contributed by atoms with Crippen molar-refractivity contribution in [2.45, 2.75) is 16.8 Å². The van der Waals surface area contributed by atoms with E-state index in [2.05, 4.69) is 10.1 Å². The predicted octanol–water partition coefficient (Wildman–Crippen LogP) is 3.81. The Hall–Kier alpha value is -2.38. The highest BCUT2D eigenvalue weighted by molar-refractivity contribution is 8.00. The Labute approximate surface area is 146 Å². The molecule has 4 rings (SSSR count). The summed E-state index contributed by atoms with van der Waals surface area (Å²) in [5.41, 5.74) is 2.65. The first-order chi connectivity index (χ1) is 11.7. The van der Waals surface area contributed by atoms with E-state index < -0.39 is 5.97 Å². The van der Waals surface area contributed by atoms with Crippen molar-refractivity contribution in [3.63, 3.8) is 0 Å². The molecule has 3 heterocycles. The molecule has 0 saturated carbocycles. The van der Waals surface area contributed by atoms with Crippen molar-refractivity contribution in [1.82, 2.24) is 9.66 Å². The number of carbonyl (C=O) groups is 1. The summed E-state index contributed by atoms with van der Waals surface area (Å²) < 4.78 is 1.75. The third-order valence-electron chi connectivity index (χ3n) is 3.63. The van der Waals surface area contributed by atoms with Gasteiger partial charge in [-0.3, -0.25) is 4.79 Å². The Bertz CT molecular complexity index is 901. The number of thiophene rings is 1. The van der Waals surface area contributed by atoms with Crippen molar-refractivity contribution in [2.75, 3.05) is 0 Å². The number of nitrogens with zero attached hydrogens (tertiary/aromatic N) is 3. The summed E-state index contributed by atoms with van der Waals surface area (Å²) in [5.74, 6) is -0.833. The molecule has 24 heavy (non-hydrogen) atoms. The molecule has 0 fully saturated rings. The third-order valence-corrected chi connectivity index (χ3v) is 5.68. The Morgan fingerprint density at radius 2 is 2.04 bits per heavy atom. The molecule has 0 bridgehead atoms. The van der Waals surface area contributed by atoms with Crippen LogP contribution in [0.15, 0.2) is 64.3 Å². The van der Waals surface area contributed by atoms with Gasteiger partial charge in [0.1, 0.15) is 0 Å². The van der Waals surface area contributed by atoms with E-state index in [1.165, 1.54) is 11.8 Å². The standard InChI is InChI=1S/C17H13N3O2S2/c21-15(22)9-14-16(13-7-4-8-23-13)19-20-10-12(18-17(20)24-14)11-5-2-1-3-6-11/h1-8,10,14H,9H2,(H,21,22)/t14-/m1/s1. The molecule has 1 atom stereocenters. The summed E-state index contributed by atoms with van der Waals surface area (Å²) in [7, 11) is 0. The lowest BCUT2D eigenvalue weighted by Gasteiger charge is -2.20. The lowest BCUT2D eigenvalue weighted by atomic mass is 10.1. The molecule has 2 aromatic heterocycles. The number of aliphatic carboxylic acids is 1. The number of imidazole rings is 1. The molecule has 0 saturated heterocycles. The van der Waals surface area contributed by atoms with Gasteiger partial charge in [-0.05, 0) is 11.4 Å². The zero-order valence-electron chi connectivity index (χ0n) is 12.5. The predicted molar refractivity (Wildman–Crippen MR) is 95.8 cm³/mol. The van der Waals surface area contributed by atoms with E-state index in [1.807, 2.05) is 54.0 Å². The summed E-state index contributed by atoms with van der Waals surface area (Å²) in [4.78, 5) is 16.8. The van der Waals surface area contributed by atoms with E-state index in [0.29, 0.717) is 0 Å². The van der Waals surface area contributed by atoms with Gasteiger partial charge in [-0.15, -0.1) is 11.3 Å². The van der Waals surface area contributed by atoms with E-state index in [9.17, 15) is 9.90 Å². The minimum Gasteiger partial charge on any atom is -0.481 e. The molecular formula is C17H13N3O2S2. The largest absolute Gasteiger partial charge is 0.481 e. The highest BCUT2D eigenvalue weighted by Crippen LogP contribution is 2.35. The Balaban J connectivity index is 1.76. The molecule has 1 aromatic carbocycles. The Kier molecular flexibility index (Phi) is 3.95. The molecule has 3 aromatic rings. The number of benzene rings is 1. The number of aromatic nitrogens is 2. The first-order valence-electron chi connectivity index (χ1n) is 7.37. The Morgan fingerprint density at radius 3 is 2.75 bits per heavy atom. The fourth-order valence-electron chi connectivity index (χ4n) is 2.55. The van der Waals surface area contributed by atoms with E-state index in [0.717, 1.165) is 27.0 Å². The van der Waals surface area contributed by atoms with Crippen molar-refractivity contribution in [1.29, 1.82) is 0 Å². The van der Waals surface area contributed by atoms with Crippen molar-refractivity contribution < 1.29 is 9.90 Å². The maximum Gasteiger partial charge on any atom is 0.304 e. The number of thioether (sulfide) groups is 1. The maximum absolute atomic E-state index is 11.2. The Morgan fingerprint density at radius 1 is 1.21 bits per heavy atom. The van der Waals surface area contributed by atoms with Gasteiger partial charge in [-0.1, -0.05) is 48.2 Å². The van der Waals surface area contributed by atoms with Gasteiger partial charge in [0, 0.05) is 5.56 Å². The van der Waals surface area contributed by atoms with Crippen molar-refractivity contribution in [3.05, 3.63) is 58.9 Å². The average molecular weight is 355 g/mol. The second-order valence-electron chi connectivity index (χ2n) is 5.29. The highest BCUT2D eigenvalue weighted by atomic mass is 32.2. The van der Waals surface area contributed by atoms with E-state index >= 15 is 0 Å². The van der Waals surface area contributed by atoms with Crippen LogP contribution in [0.4, 0.5) is 0 Å². The van der Waals surface area contributed by atoms with Crippen molar-refractivity contribution >= 4 is 34.8 Å². The number of hydrogen-bond donors (Lipinski definition) is 1. The SMILES string of the molecule is O=C(O)C[C@H]1Sc2nc(-c3ccccc3)cn2N=C1c1cccs1. The van der Waals surface area contributed by atoms with Gasteiger partial charge in [0.05, 0.1) is 34.2 Å². The van der Waals surface area contributed by atoms with E-state index in [1.54, 1.807) is 16.0 Å². The second kappa shape index (κ2) is 6.26. The second-order valence-corrected chi connectivity index (χ2v) is 7.40. The summed E-state index contributed by atoms with van der Waals surface area (Å²) in [6.45, 7) is 0. The van der Waals surface area contributed by atoms with Crippen LogP contribution in [0.1, 0.15) is 11.3 Å². The van der Waals surface area contributed by atoms with Gasteiger partial charge < -0.3 is 5.11 Å². The third kappa shape index (κ3) is 2.88. The number of hydrogen-bond acceptors (Lipinski definition) is 5. The molecule has 1 aliphatic heterocycles. The number of carboxylic acids is 1. The summed E-state index contributed by atoms with van der Waals surface area (Å²) in [5, 5.41) is 16.3. The number of carboxylic acid groups (broad SMARTS) is 1. The first-order valence-corrected chi connectivity index (χ1v) is 9.12. The van der Waals surface area contributed by atoms with Crippen LogP contribution in [0.3, 0.4) is 0 Å². The molecule has 1 aliphatic rings. The molecular weight excluding hydrogens is 342 g/mol. The monoisotopic (exact) mass is 355 g/mol. The summed E-state index contributed by atoms with van der Waals surface area (Å²) >= 11 is 3.02. The topological polar surface area (TPSA) is 67.5 Å². The molecule has 7 heteroatoms. The van der Waals surface area contributed by atoms with Gasteiger partial charge in [-0.2, -0.15) is 5.10 Å². The molecule has 0 aliphatic carbocycles. The van der Waals surface area contributed by atoms with Gasteiger partial charge in [0.15, 0.2) is 5.16 Å². The van der Waals surface area contributed by atoms with Crippen LogP contribution in [0.5, 0.6) is 0 Å². The molecule has 0 radical (unpaired) electrons. The smallest absolute Gasteiger partial charge is 0.304 e. The minimum atomic E-state index is -0.833.